The second-order valence-corrected chi connectivity index (χ2v) is 9.37. The van der Waals surface area contributed by atoms with Gasteiger partial charge in [-0.2, -0.15) is 0 Å². The summed E-state index contributed by atoms with van der Waals surface area (Å²) in [7, 11) is 0. The number of carbonyl (C=O) groups is 2. The van der Waals surface area contributed by atoms with Gasteiger partial charge in [-0.05, 0) is 63.1 Å². The van der Waals surface area contributed by atoms with Crippen molar-refractivity contribution in [2.45, 2.75) is 39.2 Å². The van der Waals surface area contributed by atoms with Gasteiger partial charge in [0.25, 0.3) is 5.91 Å². The normalized spacial score (nSPS) is 19.5. The van der Waals surface area contributed by atoms with Crippen molar-refractivity contribution in [1.29, 1.82) is 0 Å². The van der Waals surface area contributed by atoms with Gasteiger partial charge in [-0.15, -0.1) is 0 Å². The molecule has 2 fully saturated rings. The molecule has 5 nitrogen and oxygen atoms in total. The van der Waals surface area contributed by atoms with Gasteiger partial charge in [0.2, 0.25) is 5.91 Å². The van der Waals surface area contributed by atoms with Crippen LogP contribution in [0.1, 0.15) is 44.0 Å². The predicted octanol–water partition coefficient (Wildman–Crippen LogP) is 2.70. The Hall–Kier alpha value is -1.59. The molecule has 6 heteroatoms. The molecule has 1 saturated heterocycles. The highest BCUT2D eigenvalue weighted by molar-refractivity contribution is 6.30. The first kappa shape index (κ1) is 19.2. The van der Waals surface area contributed by atoms with E-state index in [0.717, 1.165) is 25.9 Å². The molecule has 1 aromatic carbocycles. The zero-order valence-electron chi connectivity index (χ0n) is 15.8. The number of hydrogen-bond donors (Lipinski definition) is 2. The molecule has 2 N–H and O–H groups in total. The molecule has 1 saturated carbocycles. The number of halogens is 1. The molecule has 3 rings (SSSR count). The summed E-state index contributed by atoms with van der Waals surface area (Å²) < 4.78 is 0. The average molecular weight is 378 g/mol. The fraction of sp³-hybridized carbons (Fsp3) is 0.600. The molecule has 26 heavy (non-hydrogen) atoms. The van der Waals surface area contributed by atoms with Gasteiger partial charge in [0.15, 0.2) is 0 Å². The molecule has 1 aliphatic heterocycles. The van der Waals surface area contributed by atoms with Crippen LogP contribution in [0.2, 0.25) is 5.02 Å². The van der Waals surface area contributed by atoms with Crippen LogP contribution < -0.4 is 10.6 Å². The SMILES string of the molecule is CC(C)(C)NC(=O)CN1CC2(CC(CNC(=O)c3cccc(Cl)c3)C2)C1. The first-order valence-electron chi connectivity index (χ1n) is 9.21. The Kier molecular flexibility index (Phi) is 5.31. The van der Waals surface area contributed by atoms with Gasteiger partial charge in [-0.25, -0.2) is 0 Å². The molecule has 2 amide bonds. The van der Waals surface area contributed by atoms with Crippen molar-refractivity contribution in [2.75, 3.05) is 26.2 Å². The minimum atomic E-state index is -0.178. The lowest BCUT2D eigenvalue weighted by atomic mass is 9.57. The number of nitrogens with one attached hydrogen (secondary N) is 2. The van der Waals surface area contributed by atoms with E-state index in [1.807, 2.05) is 20.8 Å². The zero-order valence-corrected chi connectivity index (χ0v) is 16.5. The van der Waals surface area contributed by atoms with Crippen molar-refractivity contribution >= 4 is 23.4 Å². The highest BCUT2D eigenvalue weighted by atomic mass is 35.5. The topological polar surface area (TPSA) is 61.4 Å². The second-order valence-electron chi connectivity index (χ2n) is 8.94. The largest absolute Gasteiger partial charge is 0.352 e. The van der Waals surface area contributed by atoms with Crippen molar-refractivity contribution in [3.8, 4) is 0 Å². The second kappa shape index (κ2) is 7.20. The molecule has 0 atom stereocenters. The Morgan fingerprint density at radius 1 is 1.27 bits per heavy atom. The molecule has 1 aromatic rings. The molecule has 0 bridgehead atoms. The molecule has 1 spiro atoms. The summed E-state index contributed by atoms with van der Waals surface area (Å²) in [6.07, 6.45) is 2.25. The fourth-order valence-electron chi connectivity index (χ4n) is 4.21. The molecular formula is C20H28ClN3O2. The van der Waals surface area contributed by atoms with Gasteiger partial charge in [0.05, 0.1) is 6.54 Å². The number of nitrogens with zero attached hydrogens (tertiary/aromatic N) is 1. The minimum absolute atomic E-state index is 0.0671. The molecule has 0 radical (unpaired) electrons. The number of hydrogen-bond acceptors (Lipinski definition) is 3. The van der Waals surface area contributed by atoms with Gasteiger partial charge in [-0.1, -0.05) is 17.7 Å². The van der Waals surface area contributed by atoms with E-state index in [1.54, 1.807) is 24.3 Å². The van der Waals surface area contributed by atoms with Crippen LogP contribution in [0.3, 0.4) is 0 Å². The van der Waals surface area contributed by atoms with E-state index in [9.17, 15) is 9.59 Å². The third-order valence-corrected chi connectivity index (χ3v) is 5.32. The van der Waals surface area contributed by atoms with Crippen LogP contribution in [0, 0.1) is 11.3 Å². The van der Waals surface area contributed by atoms with Gasteiger partial charge < -0.3 is 10.6 Å². The molecular weight excluding hydrogens is 350 g/mol. The van der Waals surface area contributed by atoms with Gasteiger partial charge in [-0.3, -0.25) is 14.5 Å². The summed E-state index contributed by atoms with van der Waals surface area (Å²) in [6, 6.07) is 7.01. The first-order valence-corrected chi connectivity index (χ1v) is 9.59. The van der Waals surface area contributed by atoms with Crippen LogP contribution in [0.25, 0.3) is 0 Å². The predicted molar refractivity (Wildman–Crippen MR) is 103 cm³/mol. The highest BCUT2D eigenvalue weighted by Crippen LogP contribution is 2.51. The lowest BCUT2D eigenvalue weighted by Crippen LogP contribution is -2.64. The van der Waals surface area contributed by atoms with E-state index < -0.39 is 0 Å². The van der Waals surface area contributed by atoms with Crippen LogP contribution in [0.5, 0.6) is 0 Å². The maximum absolute atomic E-state index is 12.2. The molecule has 1 heterocycles. The molecule has 2 aliphatic rings. The summed E-state index contributed by atoms with van der Waals surface area (Å²) in [5, 5.41) is 6.59. The maximum atomic E-state index is 12.2. The fourth-order valence-corrected chi connectivity index (χ4v) is 4.40. The van der Waals surface area contributed by atoms with Crippen molar-refractivity contribution < 1.29 is 9.59 Å². The smallest absolute Gasteiger partial charge is 0.251 e. The quantitative estimate of drug-likeness (QED) is 0.829. The lowest BCUT2D eigenvalue weighted by molar-refractivity contribution is -0.133. The van der Waals surface area contributed by atoms with Crippen LogP contribution in [-0.2, 0) is 4.79 Å². The Labute approximate surface area is 160 Å². The highest BCUT2D eigenvalue weighted by Gasteiger charge is 2.52. The van der Waals surface area contributed by atoms with Gasteiger partial charge in [0.1, 0.15) is 0 Å². The Balaban J connectivity index is 1.34. The Bertz CT molecular complexity index is 685. The third-order valence-electron chi connectivity index (χ3n) is 5.08. The standard InChI is InChI=1S/C20H28ClN3O2/c1-19(2,3)23-17(25)11-24-12-20(13-24)8-14(9-20)10-22-18(26)15-5-4-6-16(21)7-15/h4-7,14H,8-13H2,1-3H3,(H,22,26)(H,23,25). The minimum Gasteiger partial charge on any atom is -0.352 e. The molecule has 142 valence electrons. The van der Waals surface area contributed by atoms with Gasteiger partial charge >= 0.3 is 0 Å². The number of rotatable bonds is 5. The summed E-state index contributed by atoms with van der Waals surface area (Å²) in [5.41, 5.74) is 0.793. The number of amides is 2. The molecule has 0 aromatic heterocycles. The van der Waals surface area contributed by atoms with E-state index in [4.69, 9.17) is 11.6 Å². The monoisotopic (exact) mass is 377 g/mol. The molecule has 1 aliphatic carbocycles. The van der Waals surface area contributed by atoms with Crippen molar-refractivity contribution in [1.82, 2.24) is 15.5 Å². The Morgan fingerprint density at radius 2 is 1.96 bits per heavy atom. The summed E-state index contributed by atoms with van der Waals surface area (Å²) in [4.78, 5) is 26.3. The van der Waals surface area contributed by atoms with E-state index in [0.29, 0.717) is 35.0 Å². The van der Waals surface area contributed by atoms with E-state index in [1.165, 1.54) is 0 Å². The summed E-state index contributed by atoms with van der Waals surface area (Å²) in [6.45, 7) is 9.16. The number of benzene rings is 1. The average Bonchev–Trinajstić information content (AvgIpc) is 2.45. The van der Waals surface area contributed by atoms with Crippen LogP contribution in [0.4, 0.5) is 0 Å². The van der Waals surface area contributed by atoms with E-state index in [-0.39, 0.29) is 17.4 Å². The van der Waals surface area contributed by atoms with E-state index >= 15 is 0 Å². The zero-order chi connectivity index (χ0) is 18.9. The van der Waals surface area contributed by atoms with E-state index in [2.05, 4.69) is 15.5 Å². The summed E-state index contributed by atoms with van der Waals surface area (Å²) >= 11 is 5.93. The van der Waals surface area contributed by atoms with Crippen LogP contribution in [-0.4, -0.2) is 48.4 Å². The van der Waals surface area contributed by atoms with Crippen molar-refractivity contribution in [3.05, 3.63) is 34.9 Å². The van der Waals surface area contributed by atoms with Crippen LogP contribution >= 0.6 is 11.6 Å². The van der Waals surface area contributed by atoms with Crippen LogP contribution in [0.15, 0.2) is 24.3 Å². The summed E-state index contributed by atoms with van der Waals surface area (Å²) in [5.74, 6) is 0.559. The van der Waals surface area contributed by atoms with Crippen molar-refractivity contribution in [3.63, 3.8) is 0 Å². The maximum Gasteiger partial charge on any atom is 0.251 e. The molecule has 0 unspecified atom stereocenters. The lowest BCUT2D eigenvalue weighted by Gasteiger charge is -2.59. The first-order chi connectivity index (χ1) is 12.1. The third kappa shape index (κ3) is 4.77. The Morgan fingerprint density at radius 3 is 2.58 bits per heavy atom. The van der Waals surface area contributed by atoms with Gasteiger partial charge in [0, 0.05) is 35.8 Å². The van der Waals surface area contributed by atoms with Crippen molar-refractivity contribution in [2.24, 2.45) is 11.3 Å². The number of likely N-dealkylation sites (tertiary alicyclic amines) is 1. The number of carbonyl (C=O) groups excluding carboxylic acids is 2.